The van der Waals surface area contributed by atoms with E-state index in [0.717, 1.165) is 31.4 Å². The highest BCUT2D eigenvalue weighted by atomic mass is 16.5. The zero-order valence-corrected chi connectivity index (χ0v) is 11.3. The largest absolute Gasteiger partial charge is 0.463 e. The van der Waals surface area contributed by atoms with Gasteiger partial charge in [-0.1, -0.05) is 12.8 Å². The van der Waals surface area contributed by atoms with Crippen molar-refractivity contribution in [1.82, 2.24) is 4.90 Å². The van der Waals surface area contributed by atoms with Crippen LogP contribution in [0.4, 0.5) is 0 Å². The fourth-order valence-corrected chi connectivity index (χ4v) is 2.60. The van der Waals surface area contributed by atoms with E-state index in [9.17, 15) is 9.90 Å². The van der Waals surface area contributed by atoms with Crippen molar-refractivity contribution in [3.05, 3.63) is 23.7 Å². The summed E-state index contributed by atoms with van der Waals surface area (Å²) in [7, 11) is 1.34. The van der Waals surface area contributed by atoms with Crippen molar-refractivity contribution < 1.29 is 19.1 Å². The first-order chi connectivity index (χ1) is 9.26. The lowest BCUT2D eigenvalue weighted by Crippen LogP contribution is -2.37. The molecule has 1 unspecified atom stereocenters. The fraction of sp³-hybridized carbons (Fsp3) is 0.643. The molecule has 5 heteroatoms. The van der Waals surface area contributed by atoms with Gasteiger partial charge in [0.25, 0.3) is 0 Å². The molecule has 1 fully saturated rings. The number of aliphatic hydroxyl groups excluding tert-OH is 1. The minimum atomic E-state index is -0.449. The number of likely N-dealkylation sites (tertiary alicyclic amines) is 1. The summed E-state index contributed by atoms with van der Waals surface area (Å²) in [5, 5.41) is 9.48. The molecule has 106 valence electrons. The molecular formula is C14H21NO4. The van der Waals surface area contributed by atoms with E-state index in [4.69, 9.17) is 9.15 Å². The molecule has 0 radical (unpaired) electrons. The molecular weight excluding hydrogens is 246 g/mol. The van der Waals surface area contributed by atoms with E-state index in [1.807, 2.05) is 0 Å². The summed E-state index contributed by atoms with van der Waals surface area (Å²) >= 11 is 0. The lowest BCUT2D eigenvalue weighted by atomic mass is 10.1. The molecule has 1 saturated heterocycles. The molecule has 0 bridgehead atoms. The van der Waals surface area contributed by atoms with E-state index in [0.29, 0.717) is 6.54 Å². The number of hydrogen-bond acceptors (Lipinski definition) is 5. The monoisotopic (exact) mass is 267 g/mol. The second kappa shape index (κ2) is 6.73. The average molecular weight is 267 g/mol. The first-order valence-corrected chi connectivity index (χ1v) is 6.76. The summed E-state index contributed by atoms with van der Waals surface area (Å²) in [6, 6.07) is 1.97. The van der Waals surface area contributed by atoms with Crippen LogP contribution in [-0.2, 0) is 11.3 Å². The fourth-order valence-electron chi connectivity index (χ4n) is 2.60. The molecule has 1 aliphatic rings. The Morgan fingerprint density at radius 3 is 3.11 bits per heavy atom. The van der Waals surface area contributed by atoms with Gasteiger partial charge in [-0.15, -0.1) is 0 Å². The zero-order chi connectivity index (χ0) is 13.7. The zero-order valence-electron chi connectivity index (χ0n) is 11.3. The highest BCUT2D eigenvalue weighted by Gasteiger charge is 2.24. The molecule has 2 rings (SSSR count). The smallest absolute Gasteiger partial charge is 0.374 e. The lowest BCUT2D eigenvalue weighted by molar-refractivity contribution is 0.0559. The predicted octanol–water partition coefficient (Wildman–Crippen LogP) is 1.80. The number of carbonyl (C=O) groups is 1. The molecule has 0 saturated carbocycles. The Morgan fingerprint density at radius 2 is 2.37 bits per heavy atom. The van der Waals surface area contributed by atoms with Crippen LogP contribution in [0.15, 0.2) is 16.7 Å². The Hall–Kier alpha value is -1.33. The van der Waals surface area contributed by atoms with Crippen LogP contribution in [0.2, 0.25) is 0 Å². The topological polar surface area (TPSA) is 62.9 Å². The number of hydrogen-bond donors (Lipinski definition) is 1. The number of nitrogens with zero attached hydrogens (tertiary/aromatic N) is 1. The van der Waals surface area contributed by atoms with Crippen molar-refractivity contribution >= 4 is 5.97 Å². The molecule has 2 heterocycles. The van der Waals surface area contributed by atoms with Crippen molar-refractivity contribution in [3.8, 4) is 0 Å². The summed E-state index contributed by atoms with van der Waals surface area (Å²) in [5.74, 6) is -0.182. The van der Waals surface area contributed by atoms with Crippen molar-refractivity contribution in [2.24, 2.45) is 0 Å². The van der Waals surface area contributed by atoms with Crippen LogP contribution < -0.4 is 0 Å². The number of methoxy groups -OCH3 is 1. The number of furan rings is 1. The molecule has 1 aromatic rings. The average Bonchev–Trinajstić information content (AvgIpc) is 2.77. The molecule has 0 aromatic carbocycles. The quantitative estimate of drug-likeness (QED) is 0.843. The second-order valence-electron chi connectivity index (χ2n) is 4.92. The summed E-state index contributed by atoms with van der Waals surface area (Å²) in [4.78, 5) is 13.8. The number of ether oxygens (including phenoxy) is 1. The van der Waals surface area contributed by atoms with Gasteiger partial charge in [-0.05, 0) is 25.5 Å². The minimum absolute atomic E-state index is 0.158. The van der Waals surface area contributed by atoms with Crippen molar-refractivity contribution in [2.45, 2.75) is 38.3 Å². The Kier molecular flexibility index (Phi) is 4.99. The number of aliphatic hydroxyl groups is 1. The van der Waals surface area contributed by atoms with E-state index in [1.54, 1.807) is 6.07 Å². The van der Waals surface area contributed by atoms with Gasteiger partial charge in [0.2, 0.25) is 5.76 Å². The second-order valence-corrected chi connectivity index (χ2v) is 4.92. The van der Waals surface area contributed by atoms with Gasteiger partial charge in [0.1, 0.15) is 0 Å². The number of carbonyl (C=O) groups excluding carboxylic acids is 1. The molecule has 1 aromatic heterocycles. The van der Waals surface area contributed by atoms with E-state index in [2.05, 4.69) is 4.90 Å². The van der Waals surface area contributed by atoms with E-state index in [-0.39, 0.29) is 18.4 Å². The minimum Gasteiger partial charge on any atom is -0.463 e. The molecule has 1 N–H and O–H groups in total. The van der Waals surface area contributed by atoms with Crippen LogP contribution in [0.3, 0.4) is 0 Å². The highest BCUT2D eigenvalue weighted by molar-refractivity contribution is 5.87. The van der Waals surface area contributed by atoms with Gasteiger partial charge in [0.05, 0.1) is 20.0 Å². The standard InChI is InChI=1S/C14H21NO4/c1-18-14(17)13-11(6-8-19-13)9-15-7-4-2-3-5-12(15)10-16/h6,8,12,16H,2-5,7,9-10H2,1H3. The van der Waals surface area contributed by atoms with Crippen LogP contribution in [0, 0.1) is 0 Å². The lowest BCUT2D eigenvalue weighted by Gasteiger charge is -2.28. The van der Waals surface area contributed by atoms with Crippen LogP contribution in [0.1, 0.15) is 41.8 Å². The molecule has 19 heavy (non-hydrogen) atoms. The Labute approximate surface area is 113 Å². The number of esters is 1. The van der Waals surface area contributed by atoms with Gasteiger partial charge in [-0.2, -0.15) is 0 Å². The maximum atomic E-state index is 11.6. The van der Waals surface area contributed by atoms with Gasteiger partial charge in [-0.3, -0.25) is 4.90 Å². The summed E-state index contributed by atoms with van der Waals surface area (Å²) in [5.41, 5.74) is 0.826. The first kappa shape index (κ1) is 14.1. The maximum Gasteiger partial charge on any atom is 0.374 e. The predicted molar refractivity (Wildman–Crippen MR) is 69.8 cm³/mol. The van der Waals surface area contributed by atoms with Crippen LogP contribution in [0.25, 0.3) is 0 Å². The van der Waals surface area contributed by atoms with Crippen molar-refractivity contribution in [3.63, 3.8) is 0 Å². The third-order valence-corrected chi connectivity index (χ3v) is 3.70. The summed E-state index contributed by atoms with van der Waals surface area (Å²) in [6.45, 7) is 1.72. The Morgan fingerprint density at radius 1 is 1.53 bits per heavy atom. The van der Waals surface area contributed by atoms with E-state index in [1.165, 1.54) is 19.8 Å². The summed E-state index contributed by atoms with van der Waals surface area (Å²) in [6.07, 6.45) is 5.98. The molecule has 0 amide bonds. The maximum absolute atomic E-state index is 11.6. The van der Waals surface area contributed by atoms with E-state index >= 15 is 0 Å². The molecule has 0 spiro atoms. The van der Waals surface area contributed by atoms with Crippen molar-refractivity contribution in [2.75, 3.05) is 20.3 Å². The highest BCUT2D eigenvalue weighted by Crippen LogP contribution is 2.21. The van der Waals surface area contributed by atoms with Crippen molar-refractivity contribution in [1.29, 1.82) is 0 Å². The normalized spacial score (nSPS) is 21.1. The SMILES string of the molecule is COC(=O)c1occc1CN1CCCCCC1CO. The molecule has 1 aliphatic heterocycles. The Bertz CT molecular complexity index is 415. The number of rotatable bonds is 4. The van der Waals surface area contributed by atoms with Crippen LogP contribution >= 0.6 is 0 Å². The third kappa shape index (κ3) is 3.36. The van der Waals surface area contributed by atoms with Gasteiger partial charge in [-0.25, -0.2) is 4.79 Å². The molecule has 1 atom stereocenters. The van der Waals surface area contributed by atoms with Crippen LogP contribution in [-0.4, -0.2) is 42.3 Å². The first-order valence-electron chi connectivity index (χ1n) is 6.76. The van der Waals surface area contributed by atoms with Crippen LogP contribution in [0.5, 0.6) is 0 Å². The molecule has 0 aliphatic carbocycles. The van der Waals surface area contributed by atoms with Gasteiger partial charge >= 0.3 is 5.97 Å². The molecule has 5 nitrogen and oxygen atoms in total. The van der Waals surface area contributed by atoms with Gasteiger partial charge < -0.3 is 14.3 Å². The van der Waals surface area contributed by atoms with Gasteiger partial charge in [0.15, 0.2) is 0 Å². The summed E-state index contributed by atoms with van der Waals surface area (Å²) < 4.78 is 9.90. The third-order valence-electron chi connectivity index (χ3n) is 3.70. The van der Waals surface area contributed by atoms with E-state index < -0.39 is 5.97 Å². The Balaban J connectivity index is 2.10. The van der Waals surface area contributed by atoms with Gasteiger partial charge in [0, 0.05) is 18.2 Å².